The van der Waals surface area contributed by atoms with Crippen LogP contribution in [0.3, 0.4) is 0 Å². The van der Waals surface area contributed by atoms with Crippen LogP contribution in [-0.4, -0.2) is 14.9 Å². The first-order valence-corrected chi connectivity index (χ1v) is 6.29. The molecule has 0 radical (unpaired) electrons. The Morgan fingerprint density at radius 3 is 2.67 bits per heavy atom. The molecule has 0 saturated carbocycles. The number of benzene rings is 1. The third-order valence-corrected chi connectivity index (χ3v) is 3.38. The van der Waals surface area contributed by atoms with Gasteiger partial charge in [0.05, 0.1) is 12.3 Å². The first kappa shape index (κ1) is 12.8. The summed E-state index contributed by atoms with van der Waals surface area (Å²) in [5.74, 6) is 0. The summed E-state index contributed by atoms with van der Waals surface area (Å²) >= 11 is 0. The van der Waals surface area contributed by atoms with Gasteiger partial charge in [-0.25, -0.2) is 0 Å². The van der Waals surface area contributed by atoms with Gasteiger partial charge in [-0.3, -0.25) is 4.68 Å². The number of rotatable bonds is 4. The van der Waals surface area contributed by atoms with E-state index >= 15 is 0 Å². The summed E-state index contributed by atoms with van der Waals surface area (Å²) in [5, 5.41) is 14.3. The Kier molecular flexibility index (Phi) is 3.82. The maximum atomic E-state index is 10.2. The second-order valence-electron chi connectivity index (χ2n) is 4.92. The number of hydrogen-bond donors (Lipinski definition) is 1. The molecule has 3 heteroatoms. The van der Waals surface area contributed by atoms with Crippen LogP contribution in [0, 0.1) is 13.8 Å². The van der Waals surface area contributed by atoms with Crippen molar-refractivity contribution >= 4 is 0 Å². The molecule has 1 aromatic carbocycles. The van der Waals surface area contributed by atoms with Crippen molar-refractivity contribution in [2.24, 2.45) is 7.05 Å². The molecule has 1 heterocycles. The van der Waals surface area contributed by atoms with Crippen molar-refractivity contribution in [1.29, 1.82) is 0 Å². The SMILES string of the molecule is Cc1ccc(C(O)CCc2cnn(C)c2)cc1C. The van der Waals surface area contributed by atoms with E-state index in [1.165, 1.54) is 16.7 Å². The van der Waals surface area contributed by atoms with Crippen LogP contribution in [-0.2, 0) is 13.5 Å². The van der Waals surface area contributed by atoms with Crippen molar-refractivity contribution in [2.45, 2.75) is 32.8 Å². The minimum Gasteiger partial charge on any atom is -0.388 e. The summed E-state index contributed by atoms with van der Waals surface area (Å²) in [6, 6.07) is 6.15. The fraction of sp³-hybridized carbons (Fsp3) is 0.400. The molecule has 1 atom stereocenters. The zero-order chi connectivity index (χ0) is 13.1. The van der Waals surface area contributed by atoms with Gasteiger partial charge in [-0.2, -0.15) is 5.10 Å². The van der Waals surface area contributed by atoms with E-state index in [1.54, 1.807) is 4.68 Å². The van der Waals surface area contributed by atoms with Gasteiger partial charge in [-0.15, -0.1) is 0 Å². The second kappa shape index (κ2) is 5.36. The highest BCUT2D eigenvalue weighted by Crippen LogP contribution is 2.21. The summed E-state index contributed by atoms with van der Waals surface area (Å²) < 4.78 is 1.79. The monoisotopic (exact) mass is 244 g/mol. The van der Waals surface area contributed by atoms with E-state index in [9.17, 15) is 5.11 Å². The maximum Gasteiger partial charge on any atom is 0.0793 e. The van der Waals surface area contributed by atoms with E-state index in [4.69, 9.17) is 0 Å². The lowest BCUT2D eigenvalue weighted by atomic mass is 9.99. The molecule has 0 bridgehead atoms. The van der Waals surface area contributed by atoms with Crippen molar-refractivity contribution in [2.75, 3.05) is 0 Å². The summed E-state index contributed by atoms with van der Waals surface area (Å²) in [6.07, 6.45) is 5.03. The standard InChI is InChI=1S/C15H20N2O/c1-11-4-6-14(8-12(11)2)15(18)7-5-13-9-16-17(3)10-13/h4,6,8-10,15,18H,5,7H2,1-3H3. The Morgan fingerprint density at radius 1 is 1.28 bits per heavy atom. The first-order chi connectivity index (χ1) is 8.56. The molecule has 1 unspecified atom stereocenters. The summed E-state index contributed by atoms with van der Waals surface area (Å²) in [5.41, 5.74) is 4.66. The molecule has 2 aromatic rings. The number of aromatic nitrogens is 2. The molecular weight excluding hydrogens is 224 g/mol. The third-order valence-electron chi connectivity index (χ3n) is 3.38. The Labute approximate surface area is 108 Å². The lowest BCUT2D eigenvalue weighted by Gasteiger charge is -2.12. The van der Waals surface area contributed by atoms with Crippen molar-refractivity contribution in [3.05, 3.63) is 52.8 Å². The normalized spacial score (nSPS) is 12.7. The van der Waals surface area contributed by atoms with Crippen LogP contribution in [0.4, 0.5) is 0 Å². The van der Waals surface area contributed by atoms with Crippen molar-refractivity contribution in [3.8, 4) is 0 Å². The molecule has 96 valence electrons. The van der Waals surface area contributed by atoms with E-state index in [1.807, 2.05) is 25.5 Å². The van der Waals surface area contributed by atoms with E-state index in [2.05, 4.69) is 31.1 Å². The number of hydrogen-bond acceptors (Lipinski definition) is 2. The summed E-state index contributed by atoms with van der Waals surface area (Å²) in [7, 11) is 1.91. The topological polar surface area (TPSA) is 38.1 Å². The van der Waals surface area contributed by atoms with E-state index in [0.717, 1.165) is 18.4 Å². The quantitative estimate of drug-likeness (QED) is 0.898. The number of aryl methyl sites for hydroxylation is 4. The molecule has 0 fully saturated rings. The Hall–Kier alpha value is -1.61. The highest BCUT2D eigenvalue weighted by Gasteiger charge is 2.09. The van der Waals surface area contributed by atoms with Gasteiger partial charge in [0.2, 0.25) is 0 Å². The van der Waals surface area contributed by atoms with Crippen LogP contribution in [0.25, 0.3) is 0 Å². The lowest BCUT2D eigenvalue weighted by Crippen LogP contribution is -2.00. The minimum atomic E-state index is -0.399. The molecule has 1 N–H and O–H groups in total. The first-order valence-electron chi connectivity index (χ1n) is 6.29. The van der Waals surface area contributed by atoms with Crippen LogP contribution < -0.4 is 0 Å². The highest BCUT2D eigenvalue weighted by molar-refractivity contribution is 5.31. The Balaban J connectivity index is 1.99. The van der Waals surface area contributed by atoms with Gasteiger partial charge < -0.3 is 5.11 Å². The van der Waals surface area contributed by atoms with Crippen LogP contribution in [0.1, 0.15) is 34.8 Å². The van der Waals surface area contributed by atoms with Gasteiger partial charge in [-0.1, -0.05) is 18.2 Å². The number of aliphatic hydroxyl groups excluding tert-OH is 1. The molecule has 0 saturated heterocycles. The molecule has 0 aliphatic rings. The van der Waals surface area contributed by atoms with Crippen LogP contribution in [0.5, 0.6) is 0 Å². The molecule has 0 amide bonds. The summed E-state index contributed by atoms with van der Waals surface area (Å²) in [6.45, 7) is 4.16. The second-order valence-corrected chi connectivity index (χ2v) is 4.92. The zero-order valence-electron chi connectivity index (χ0n) is 11.2. The van der Waals surface area contributed by atoms with Crippen LogP contribution in [0.2, 0.25) is 0 Å². The molecule has 0 spiro atoms. The molecule has 0 aliphatic carbocycles. The van der Waals surface area contributed by atoms with Gasteiger partial charge in [0.15, 0.2) is 0 Å². The average Bonchev–Trinajstić information content (AvgIpc) is 2.75. The van der Waals surface area contributed by atoms with Gasteiger partial charge in [-0.05, 0) is 48.9 Å². The van der Waals surface area contributed by atoms with Crippen molar-refractivity contribution < 1.29 is 5.11 Å². The van der Waals surface area contributed by atoms with Crippen molar-refractivity contribution in [3.63, 3.8) is 0 Å². The maximum absolute atomic E-state index is 10.2. The van der Waals surface area contributed by atoms with Crippen LogP contribution >= 0.6 is 0 Å². The highest BCUT2D eigenvalue weighted by atomic mass is 16.3. The predicted octanol–water partition coefficient (Wildman–Crippen LogP) is 2.70. The van der Waals surface area contributed by atoms with Gasteiger partial charge >= 0.3 is 0 Å². The Bertz CT molecular complexity index is 531. The van der Waals surface area contributed by atoms with E-state index in [0.29, 0.717) is 0 Å². The summed E-state index contributed by atoms with van der Waals surface area (Å²) in [4.78, 5) is 0. The largest absolute Gasteiger partial charge is 0.388 e. The smallest absolute Gasteiger partial charge is 0.0793 e. The molecule has 3 nitrogen and oxygen atoms in total. The molecule has 2 rings (SSSR count). The molecule has 0 aliphatic heterocycles. The van der Waals surface area contributed by atoms with E-state index in [-0.39, 0.29) is 0 Å². The van der Waals surface area contributed by atoms with Gasteiger partial charge in [0.25, 0.3) is 0 Å². The lowest BCUT2D eigenvalue weighted by molar-refractivity contribution is 0.168. The molecule has 1 aromatic heterocycles. The average molecular weight is 244 g/mol. The van der Waals surface area contributed by atoms with Gasteiger partial charge in [0, 0.05) is 13.2 Å². The fourth-order valence-corrected chi connectivity index (χ4v) is 2.04. The van der Waals surface area contributed by atoms with Crippen LogP contribution in [0.15, 0.2) is 30.6 Å². The fourth-order valence-electron chi connectivity index (χ4n) is 2.04. The van der Waals surface area contributed by atoms with Gasteiger partial charge in [0.1, 0.15) is 0 Å². The zero-order valence-corrected chi connectivity index (χ0v) is 11.2. The predicted molar refractivity (Wildman–Crippen MR) is 72.4 cm³/mol. The Morgan fingerprint density at radius 2 is 2.06 bits per heavy atom. The molecular formula is C15H20N2O. The number of aliphatic hydroxyl groups is 1. The number of nitrogens with zero attached hydrogens (tertiary/aromatic N) is 2. The van der Waals surface area contributed by atoms with Crippen molar-refractivity contribution in [1.82, 2.24) is 9.78 Å². The third kappa shape index (κ3) is 2.99. The van der Waals surface area contributed by atoms with E-state index < -0.39 is 6.10 Å². The molecule has 18 heavy (non-hydrogen) atoms. The minimum absolute atomic E-state index is 0.399.